The van der Waals surface area contributed by atoms with Gasteiger partial charge in [-0.05, 0) is 30.5 Å². The highest BCUT2D eigenvalue weighted by atomic mass is 14.9. The molecule has 1 heteroatoms. The Morgan fingerprint density at radius 2 is 2.00 bits per heavy atom. The molecule has 1 nitrogen and oxygen atoms in total. The van der Waals surface area contributed by atoms with E-state index in [1.165, 1.54) is 18.4 Å². The van der Waals surface area contributed by atoms with Crippen molar-refractivity contribution in [3.8, 4) is 12.3 Å². The van der Waals surface area contributed by atoms with Gasteiger partial charge in [-0.25, -0.2) is 0 Å². The molecule has 1 N–H and O–H groups in total. The summed E-state index contributed by atoms with van der Waals surface area (Å²) in [5, 5.41) is 3.46. The monoisotopic (exact) mass is 171 g/mol. The van der Waals surface area contributed by atoms with E-state index in [0.29, 0.717) is 0 Å². The average Bonchev–Trinajstić information content (AvgIpc) is 2.99. The van der Waals surface area contributed by atoms with E-state index in [9.17, 15) is 0 Å². The van der Waals surface area contributed by atoms with E-state index in [2.05, 4.69) is 23.4 Å². The molecule has 1 saturated carbocycles. The number of rotatable bonds is 3. The fourth-order valence-corrected chi connectivity index (χ4v) is 1.27. The zero-order valence-electron chi connectivity index (χ0n) is 7.59. The molecule has 1 aromatic carbocycles. The minimum atomic E-state index is 0.771. The number of hydrogen-bond acceptors (Lipinski definition) is 1. The summed E-state index contributed by atoms with van der Waals surface area (Å²) < 4.78 is 0. The van der Waals surface area contributed by atoms with Crippen LogP contribution >= 0.6 is 0 Å². The lowest BCUT2D eigenvalue weighted by atomic mass is 10.1. The summed E-state index contributed by atoms with van der Waals surface area (Å²) in [5.41, 5.74) is 2.26. The van der Waals surface area contributed by atoms with Crippen LogP contribution in [0.2, 0.25) is 0 Å². The Bertz CT molecular complexity index is 314. The Labute approximate surface area is 79.2 Å². The standard InChI is InChI=1S/C12H13N/c1-2-10-3-5-11(6-4-10)9-13-12-7-8-12/h1,3-6,12-13H,7-9H2. The van der Waals surface area contributed by atoms with Crippen LogP contribution in [-0.2, 0) is 6.54 Å². The van der Waals surface area contributed by atoms with Crippen molar-refractivity contribution in [3.05, 3.63) is 35.4 Å². The van der Waals surface area contributed by atoms with Gasteiger partial charge in [0.25, 0.3) is 0 Å². The molecule has 0 aliphatic heterocycles. The van der Waals surface area contributed by atoms with Gasteiger partial charge in [0, 0.05) is 18.2 Å². The highest BCUT2D eigenvalue weighted by Crippen LogP contribution is 2.19. The summed E-state index contributed by atoms with van der Waals surface area (Å²) in [7, 11) is 0. The molecule has 2 rings (SSSR count). The quantitative estimate of drug-likeness (QED) is 0.685. The first kappa shape index (κ1) is 8.34. The molecule has 0 atom stereocenters. The van der Waals surface area contributed by atoms with Crippen LogP contribution in [0.5, 0.6) is 0 Å². The minimum absolute atomic E-state index is 0.771. The van der Waals surface area contributed by atoms with Crippen molar-refractivity contribution < 1.29 is 0 Å². The molecule has 0 radical (unpaired) electrons. The number of hydrogen-bond donors (Lipinski definition) is 1. The Balaban J connectivity index is 1.93. The van der Waals surface area contributed by atoms with Crippen LogP contribution in [0.3, 0.4) is 0 Å². The first-order chi connectivity index (χ1) is 6.38. The van der Waals surface area contributed by atoms with E-state index in [0.717, 1.165) is 18.2 Å². The molecule has 13 heavy (non-hydrogen) atoms. The fraction of sp³-hybridized carbons (Fsp3) is 0.333. The van der Waals surface area contributed by atoms with Crippen molar-refractivity contribution in [2.75, 3.05) is 0 Å². The van der Waals surface area contributed by atoms with Gasteiger partial charge in [0.05, 0.1) is 0 Å². The van der Waals surface area contributed by atoms with Crippen molar-refractivity contribution in [2.45, 2.75) is 25.4 Å². The second kappa shape index (κ2) is 3.64. The zero-order valence-corrected chi connectivity index (χ0v) is 7.59. The Hall–Kier alpha value is -1.26. The van der Waals surface area contributed by atoms with Gasteiger partial charge in [0.1, 0.15) is 0 Å². The molecule has 1 aliphatic carbocycles. The Kier molecular flexibility index (Phi) is 2.33. The second-order valence-electron chi connectivity index (χ2n) is 3.50. The van der Waals surface area contributed by atoms with Crippen LogP contribution in [0.25, 0.3) is 0 Å². The third-order valence-electron chi connectivity index (χ3n) is 2.29. The van der Waals surface area contributed by atoms with Crippen molar-refractivity contribution in [3.63, 3.8) is 0 Å². The van der Waals surface area contributed by atoms with Crippen molar-refractivity contribution in [2.24, 2.45) is 0 Å². The summed E-state index contributed by atoms with van der Waals surface area (Å²) in [6, 6.07) is 8.93. The van der Waals surface area contributed by atoms with Crippen molar-refractivity contribution in [1.82, 2.24) is 5.32 Å². The molecule has 0 unspecified atom stereocenters. The third kappa shape index (κ3) is 2.34. The van der Waals surface area contributed by atoms with Gasteiger partial charge in [-0.1, -0.05) is 18.1 Å². The Morgan fingerprint density at radius 1 is 1.31 bits per heavy atom. The molecule has 1 aliphatic rings. The number of benzene rings is 1. The van der Waals surface area contributed by atoms with Crippen molar-refractivity contribution in [1.29, 1.82) is 0 Å². The van der Waals surface area contributed by atoms with E-state index in [-0.39, 0.29) is 0 Å². The van der Waals surface area contributed by atoms with Crippen LogP contribution in [0, 0.1) is 12.3 Å². The van der Waals surface area contributed by atoms with Gasteiger partial charge < -0.3 is 5.32 Å². The summed E-state index contributed by atoms with van der Waals surface area (Å²) in [6.45, 7) is 0.968. The molecule has 0 bridgehead atoms. The normalized spacial score (nSPS) is 15.3. The van der Waals surface area contributed by atoms with E-state index < -0.39 is 0 Å². The van der Waals surface area contributed by atoms with Gasteiger partial charge in [0.15, 0.2) is 0 Å². The van der Waals surface area contributed by atoms with Crippen LogP contribution in [0.4, 0.5) is 0 Å². The minimum Gasteiger partial charge on any atom is -0.310 e. The third-order valence-corrected chi connectivity index (χ3v) is 2.29. The van der Waals surface area contributed by atoms with Crippen molar-refractivity contribution >= 4 is 0 Å². The predicted molar refractivity (Wildman–Crippen MR) is 54.2 cm³/mol. The van der Waals surface area contributed by atoms with Gasteiger partial charge >= 0.3 is 0 Å². The average molecular weight is 171 g/mol. The molecular formula is C12H13N. The lowest BCUT2D eigenvalue weighted by Crippen LogP contribution is -2.15. The zero-order chi connectivity index (χ0) is 9.10. The van der Waals surface area contributed by atoms with Crippen LogP contribution in [0.1, 0.15) is 24.0 Å². The highest BCUT2D eigenvalue weighted by molar-refractivity contribution is 5.34. The van der Waals surface area contributed by atoms with Gasteiger partial charge in [-0.3, -0.25) is 0 Å². The molecule has 1 aromatic rings. The largest absolute Gasteiger partial charge is 0.310 e. The van der Waals surface area contributed by atoms with Crippen LogP contribution < -0.4 is 5.32 Å². The molecule has 0 spiro atoms. The summed E-state index contributed by atoms with van der Waals surface area (Å²) in [6.07, 6.45) is 7.94. The van der Waals surface area contributed by atoms with Crippen LogP contribution in [-0.4, -0.2) is 6.04 Å². The van der Waals surface area contributed by atoms with E-state index in [1.54, 1.807) is 0 Å². The molecule has 1 fully saturated rings. The topological polar surface area (TPSA) is 12.0 Å². The molecule has 0 aromatic heterocycles. The van der Waals surface area contributed by atoms with Gasteiger partial charge in [-0.2, -0.15) is 0 Å². The SMILES string of the molecule is C#Cc1ccc(CNC2CC2)cc1. The van der Waals surface area contributed by atoms with Gasteiger partial charge in [-0.15, -0.1) is 6.42 Å². The lowest BCUT2D eigenvalue weighted by molar-refractivity contribution is 0.688. The van der Waals surface area contributed by atoms with Crippen LogP contribution in [0.15, 0.2) is 24.3 Å². The molecule has 0 saturated heterocycles. The highest BCUT2D eigenvalue weighted by Gasteiger charge is 2.19. The maximum Gasteiger partial charge on any atom is 0.0242 e. The second-order valence-corrected chi connectivity index (χ2v) is 3.50. The first-order valence-electron chi connectivity index (χ1n) is 4.67. The van der Waals surface area contributed by atoms with E-state index >= 15 is 0 Å². The summed E-state index contributed by atoms with van der Waals surface area (Å²) >= 11 is 0. The predicted octanol–water partition coefficient (Wildman–Crippen LogP) is 1.92. The first-order valence-corrected chi connectivity index (χ1v) is 4.67. The molecule has 0 heterocycles. The number of terminal acetylenes is 1. The molecule has 0 amide bonds. The number of nitrogens with one attached hydrogen (secondary N) is 1. The fourth-order valence-electron chi connectivity index (χ4n) is 1.27. The lowest BCUT2D eigenvalue weighted by Gasteiger charge is -2.02. The maximum absolute atomic E-state index is 5.27. The molecule has 66 valence electrons. The summed E-state index contributed by atoms with van der Waals surface area (Å²) in [5.74, 6) is 2.61. The van der Waals surface area contributed by atoms with E-state index in [1.807, 2.05) is 12.1 Å². The maximum atomic E-state index is 5.27. The smallest absolute Gasteiger partial charge is 0.0242 e. The summed E-state index contributed by atoms with van der Waals surface area (Å²) in [4.78, 5) is 0. The Morgan fingerprint density at radius 3 is 2.54 bits per heavy atom. The molecular weight excluding hydrogens is 158 g/mol. The van der Waals surface area contributed by atoms with Gasteiger partial charge in [0.2, 0.25) is 0 Å². The van der Waals surface area contributed by atoms with E-state index in [4.69, 9.17) is 6.42 Å².